The molecule has 25 heavy (non-hydrogen) atoms. The second kappa shape index (κ2) is 8.88. The maximum Gasteiger partial charge on any atom is 0.260 e. The molecule has 0 heterocycles. The average Bonchev–Trinajstić information content (AvgIpc) is 2.49. The summed E-state index contributed by atoms with van der Waals surface area (Å²) in [4.78, 5) is 25.9. The standard InChI is InChI=1S/C20H32N2O3/c1-8-22(12-18(23)21-20(5,6)7)19(24)13-25-17-11-16(14(2)3)10-9-15(17)4/h9-11,14H,8,12-13H2,1-7H3,(H,21,23). The van der Waals surface area contributed by atoms with Crippen LogP contribution in [-0.4, -0.2) is 41.9 Å². The molecule has 0 saturated heterocycles. The summed E-state index contributed by atoms with van der Waals surface area (Å²) in [5, 5.41) is 2.87. The highest BCUT2D eigenvalue weighted by Gasteiger charge is 2.20. The molecule has 0 fully saturated rings. The van der Waals surface area contributed by atoms with Crippen LogP contribution in [0.1, 0.15) is 58.6 Å². The van der Waals surface area contributed by atoms with Crippen LogP contribution in [0.3, 0.4) is 0 Å². The lowest BCUT2D eigenvalue weighted by molar-refractivity contribution is -0.137. The number of hydrogen-bond acceptors (Lipinski definition) is 3. The summed E-state index contributed by atoms with van der Waals surface area (Å²) in [6, 6.07) is 6.06. The molecular formula is C20H32N2O3. The maximum absolute atomic E-state index is 12.4. The largest absolute Gasteiger partial charge is 0.483 e. The van der Waals surface area contributed by atoms with Crippen molar-refractivity contribution in [2.75, 3.05) is 19.7 Å². The highest BCUT2D eigenvalue weighted by Crippen LogP contribution is 2.24. The molecule has 0 bridgehead atoms. The Hall–Kier alpha value is -2.04. The molecule has 1 aromatic rings. The first-order valence-electron chi connectivity index (χ1n) is 8.85. The first-order valence-corrected chi connectivity index (χ1v) is 8.85. The third-order valence-electron chi connectivity index (χ3n) is 3.81. The molecule has 140 valence electrons. The van der Waals surface area contributed by atoms with Gasteiger partial charge in [-0.15, -0.1) is 0 Å². The van der Waals surface area contributed by atoms with E-state index in [9.17, 15) is 9.59 Å². The summed E-state index contributed by atoms with van der Waals surface area (Å²) in [7, 11) is 0. The molecule has 0 radical (unpaired) electrons. The predicted octanol–water partition coefficient (Wildman–Crippen LogP) is 3.26. The number of ether oxygens (including phenoxy) is 1. The zero-order valence-electron chi connectivity index (χ0n) is 16.6. The van der Waals surface area contributed by atoms with E-state index in [1.807, 2.05) is 46.8 Å². The van der Waals surface area contributed by atoms with E-state index in [4.69, 9.17) is 4.74 Å². The van der Waals surface area contributed by atoms with E-state index in [1.54, 1.807) is 0 Å². The topological polar surface area (TPSA) is 58.6 Å². The highest BCUT2D eigenvalue weighted by atomic mass is 16.5. The number of carbonyl (C=O) groups is 2. The van der Waals surface area contributed by atoms with Gasteiger partial charge in [0, 0.05) is 12.1 Å². The Kier molecular flexibility index (Phi) is 7.46. The second-order valence-electron chi connectivity index (χ2n) is 7.67. The van der Waals surface area contributed by atoms with Crippen molar-refractivity contribution in [3.05, 3.63) is 29.3 Å². The molecule has 0 aliphatic heterocycles. The van der Waals surface area contributed by atoms with Crippen LogP contribution in [0.25, 0.3) is 0 Å². The van der Waals surface area contributed by atoms with Gasteiger partial charge in [0.1, 0.15) is 5.75 Å². The minimum Gasteiger partial charge on any atom is -0.483 e. The Morgan fingerprint density at radius 1 is 1.24 bits per heavy atom. The summed E-state index contributed by atoms with van der Waals surface area (Å²) in [5.74, 6) is 0.753. The Morgan fingerprint density at radius 3 is 2.40 bits per heavy atom. The molecule has 1 aromatic carbocycles. The van der Waals surface area contributed by atoms with Crippen molar-refractivity contribution < 1.29 is 14.3 Å². The van der Waals surface area contributed by atoms with Crippen LogP contribution in [0, 0.1) is 6.92 Å². The summed E-state index contributed by atoms with van der Waals surface area (Å²) >= 11 is 0. The molecule has 1 N–H and O–H groups in total. The molecule has 0 unspecified atom stereocenters. The van der Waals surface area contributed by atoms with E-state index >= 15 is 0 Å². The van der Waals surface area contributed by atoms with Crippen molar-refractivity contribution in [1.82, 2.24) is 10.2 Å². The predicted molar refractivity (Wildman–Crippen MR) is 101 cm³/mol. The maximum atomic E-state index is 12.4. The molecule has 0 atom stereocenters. The Labute approximate surface area is 151 Å². The first-order chi connectivity index (χ1) is 11.5. The molecule has 2 amide bonds. The zero-order valence-corrected chi connectivity index (χ0v) is 16.6. The van der Waals surface area contributed by atoms with E-state index in [0.29, 0.717) is 12.5 Å². The van der Waals surface area contributed by atoms with Gasteiger partial charge in [-0.1, -0.05) is 26.0 Å². The molecular weight excluding hydrogens is 316 g/mol. The van der Waals surface area contributed by atoms with Gasteiger partial charge in [0.15, 0.2) is 6.61 Å². The van der Waals surface area contributed by atoms with Gasteiger partial charge < -0.3 is 15.0 Å². The van der Waals surface area contributed by atoms with Gasteiger partial charge in [0.2, 0.25) is 5.91 Å². The van der Waals surface area contributed by atoms with Crippen LogP contribution in [0.2, 0.25) is 0 Å². The minimum absolute atomic E-state index is 0.0426. The second-order valence-corrected chi connectivity index (χ2v) is 7.67. The van der Waals surface area contributed by atoms with E-state index in [0.717, 1.165) is 11.3 Å². The summed E-state index contributed by atoms with van der Waals surface area (Å²) < 4.78 is 5.73. The van der Waals surface area contributed by atoms with Crippen molar-refractivity contribution in [3.8, 4) is 5.75 Å². The summed E-state index contributed by atoms with van der Waals surface area (Å²) in [5.41, 5.74) is 1.85. The SMILES string of the molecule is CCN(CC(=O)NC(C)(C)C)C(=O)COc1cc(C(C)C)ccc1C. The average molecular weight is 348 g/mol. The van der Waals surface area contributed by atoms with Crippen LogP contribution < -0.4 is 10.1 Å². The Bertz CT molecular complexity index is 603. The number of hydrogen-bond donors (Lipinski definition) is 1. The molecule has 1 rings (SSSR count). The van der Waals surface area contributed by atoms with Gasteiger partial charge in [-0.3, -0.25) is 9.59 Å². The highest BCUT2D eigenvalue weighted by molar-refractivity contribution is 5.85. The van der Waals surface area contributed by atoms with Crippen LogP contribution in [0.5, 0.6) is 5.75 Å². The monoisotopic (exact) mass is 348 g/mol. The fourth-order valence-electron chi connectivity index (χ4n) is 2.37. The van der Waals surface area contributed by atoms with E-state index in [2.05, 4.69) is 25.2 Å². The van der Waals surface area contributed by atoms with Crippen LogP contribution in [-0.2, 0) is 9.59 Å². The van der Waals surface area contributed by atoms with Crippen LogP contribution in [0.4, 0.5) is 0 Å². The fourth-order valence-corrected chi connectivity index (χ4v) is 2.37. The number of aryl methyl sites for hydroxylation is 1. The fraction of sp³-hybridized carbons (Fsp3) is 0.600. The Morgan fingerprint density at radius 2 is 1.88 bits per heavy atom. The van der Waals surface area contributed by atoms with Crippen molar-refractivity contribution >= 4 is 11.8 Å². The summed E-state index contributed by atoms with van der Waals surface area (Å²) in [6.07, 6.45) is 0. The smallest absolute Gasteiger partial charge is 0.260 e. The van der Waals surface area contributed by atoms with E-state index in [1.165, 1.54) is 10.5 Å². The van der Waals surface area contributed by atoms with E-state index < -0.39 is 0 Å². The van der Waals surface area contributed by atoms with Gasteiger partial charge in [-0.2, -0.15) is 0 Å². The van der Waals surface area contributed by atoms with Gasteiger partial charge >= 0.3 is 0 Å². The number of rotatable bonds is 7. The van der Waals surface area contributed by atoms with E-state index in [-0.39, 0.29) is 30.5 Å². The lowest BCUT2D eigenvalue weighted by atomic mass is 10.0. The van der Waals surface area contributed by atoms with Crippen molar-refractivity contribution in [2.45, 2.75) is 59.9 Å². The van der Waals surface area contributed by atoms with Crippen molar-refractivity contribution in [2.24, 2.45) is 0 Å². The number of benzene rings is 1. The number of nitrogens with one attached hydrogen (secondary N) is 1. The lowest BCUT2D eigenvalue weighted by Gasteiger charge is -2.25. The number of carbonyl (C=O) groups excluding carboxylic acids is 2. The zero-order chi connectivity index (χ0) is 19.2. The van der Waals surface area contributed by atoms with Crippen molar-refractivity contribution in [3.63, 3.8) is 0 Å². The van der Waals surface area contributed by atoms with Gasteiger partial charge in [0.25, 0.3) is 5.91 Å². The third kappa shape index (κ3) is 7.16. The molecule has 0 aliphatic carbocycles. The minimum atomic E-state index is -0.315. The normalized spacial score (nSPS) is 11.4. The summed E-state index contributed by atoms with van der Waals surface area (Å²) in [6.45, 7) is 14.2. The molecule has 5 heteroatoms. The third-order valence-corrected chi connectivity index (χ3v) is 3.81. The first kappa shape index (κ1) is 21.0. The quantitative estimate of drug-likeness (QED) is 0.823. The number of amides is 2. The lowest BCUT2D eigenvalue weighted by Crippen LogP contribution is -2.48. The molecule has 0 saturated carbocycles. The number of nitrogens with zero attached hydrogens (tertiary/aromatic N) is 1. The van der Waals surface area contributed by atoms with Gasteiger partial charge in [-0.05, 0) is 57.7 Å². The van der Waals surface area contributed by atoms with Gasteiger partial charge in [-0.25, -0.2) is 0 Å². The van der Waals surface area contributed by atoms with Crippen LogP contribution >= 0.6 is 0 Å². The molecule has 5 nitrogen and oxygen atoms in total. The molecule has 0 aromatic heterocycles. The Balaban J connectivity index is 2.68. The van der Waals surface area contributed by atoms with Gasteiger partial charge in [0.05, 0.1) is 6.54 Å². The number of likely N-dealkylation sites (N-methyl/N-ethyl adjacent to an activating group) is 1. The molecule has 0 aliphatic rings. The molecule has 0 spiro atoms. The van der Waals surface area contributed by atoms with Crippen molar-refractivity contribution in [1.29, 1.82) is 0 Å². The van der Waals surface area contributed by atoms with Crippen LogP contribution in [0.15, 0.2) is 18.2 Å².